The first kappa shape index (κ1) is 17.7. The van der Waals surface area contributed by atoms with E-state index in [2.05, 4.69) is 56.9 Å². The van der Waals surface area contributed by atoms with Crippen molar-refractivity contribution >= 4 is 5.91 Å². The molecule has 1 heterocycles. The van der Waals surface area contributed by atoms with Crippen molar-refractivity contribution in [3.05, 3.63) is 0 Å². The van der Waals surface area contributed by atoms with E-state index in [4.69, 9.17) is 0 Å². The maximum absolute atomic E-state index is 12.7. The van der Waals surface area contributed by atoms with Crippen molar-refractivity contribution < 1.29 is 4.79 Å². The third-order valence-electron chi connectivity index (χ3n) is 5.60. The summed E-state index contributed by atoms with van der Waals surface area (Å²) in [6.07, 6.45) is 3.31. The van der Waals surface area contributed by atoms with Crippen LogP contribution in [0, 0.1) is 17.3 Å². The summed E-state index contributed by atoms with van der Waals surface area (Å²) in [5.74, 6) is 1.11. The first-order valence-electron chi connectivity index (χ1n) is 8.87. The summed E-state index contributed by atoms with van der Waals surface area (Å²) < 4.78 is 0. The predicted octanol–water partition coefficient (Wildman–Crippen LogP) is 2.20. The van der Waals surface area contributed by atoms with E-state index in [0.717, 1.165) is 32.5 Å². The average molecular weight is 309 g/mol. The molecule has 0 aromatic heterocycles. The summed E-state index contributed by atoms with van der Waals surface area (Å²) in [5.41, 5.74) is 0.296. The molecule has 2 aliphatic rings. The molecule has 0 spiro atoms. The van der Waals surface area contributed by atoms with Gasteiger partial charge in [0.1, 0.15) is 0 Å². The zero-order valence-corrected chi connectivity index (χ0v) is 15.4. The second kappa shape index (κ2) is 6.88. The van der Waals surface area contributed by atoms with Gasteiger partial charge in [0.05, 0.1) is 0 Å². The second-order valence-electron chi connectivity index (χ2n) is 8.72. The summed E-state index contributed by atoms with van der Waals surface area (Å²) in [6.45, 7) is 12.3. The first-order valence-corrected chi connectivity index (χ1v) is 8.87. The number of amides is 1. The van der Waals surface area contributed by atoms with Gasteiger partial charge in [-0.05, 0) is 51.6 Å². The molecule has 2 fully saturated rings. The smallest absolute Gasteiger partial charge is 0.223 e. The Morgan fingerprint density at radius 3 is 2.55 bits per heavy atom. The van der Waals surface area contributed by atoms with E-state index in [0.29, 0.717) is 17.4 Å². The highest BCUT2D eigenvalue weighted by Crippen LogP contribution is 2.41. The van der Waals surface area contributed by atoms with Crippen LogP contribution in [0.4, 0.5) is 0 Å². The molecule has 2 rings (SSSR count). The Morgan fingerprint density at radius 1 is 1.23 bits per heavy atom. The number of nitrogens with zero attached hydrogens (tertiary/aromatic N) is 2. The summed E-state index contributed by atoms with van der Waals surface area (Å²) in [7, 11) is 4.34. The van der Waals surface area contributed by atoms with Crippen LogP contribution in [0.25, 0.3) is 0 Å². The van der Waals surface area contributed by atoms with E-state index in [-0.39, 0.29) is 17.9 Å². The molecule has 1 amide bonds. The highest BCUT2D eigenvalue weighted by atomic mass is 16.2. The van der Waals surface area contributed by atoms with Gasteiger partial charge in [-0.1, -0.05) is 20.8 Å². The Kier molecular flexibility index (Phi) is 5.54. The van der Waals surface area contributed by atoms with Gasteiger partial charge in [-0.2, -0.15) is 0 Å². The van der Waals surface area contributed by atoms with Gasteiger partial charge in [-0.3, -0.25) is 9.69 Å². The fourth-order valence-electron chi connectivity index (χ4n) is 4.57. The van der Waals surface area contributed by atoms with Crippen molar-refractivity contribution in [3.63, 3.8) is 0 Å². The maximum atomic E-state index is 12.7. The number of hydrogen-bond donors (Lipinski definition) is 1. The maximum Gasteiger partial charge on any atom is 0.223 e. The zero-order valence-electron chi connectivity index (χ0n) is 15.4. The first-order chi connectivity index (χ1) is 10.2. The molecule has 1 saturated heterocycles. The van der Waals surface area contributed by atoms with Gasteiger partial charge in [0.25, 0.3) is 0 Å². The quantitative estimate of drug-likeness (QED) is 0.868. The molecular weight excluding hydrogens is 274 g/mol. The second-order valence-corrected chi connectivity index (χ2v) is 8.72. The molecule has 0 aromatic rings. The molecule has 22 heavy (non-hydrogen) atoms. The number of carbonyl (C=O) groups excluding carboxylic acids is 1. The van der Waals surface area contributed by atoms with Crippen molar-refractivity contribution in [1.29, 1.82) is 0 Å². The number of piperazine rings is 1. The lowest BCUT2D eigenvalue weighted by atomic mass is 9.68. The molecule has 1 saturated carbocycles. The van der Waals surface area contributed by atoms with Crippen molar-refractivity contribution in [1.82, 2.24) is 15.1 Å². The Balaban J connectivity index is 1.93. The van der Waals surface area contributed by atoms with E-state index in [9.17, 15) is 4.79 Å². The zero-order chi connectivity index (χ0) is 16.5. The van der Waals surface area contributed by atoms with Crippen LogP contribution >= 0.6 is 0 Å². The normalized spacial score (nSPS) is 35.1. The molecule has 1 aliphatic carbocycles. The average Bonchev–Trinajstić information content (AvgIpc) is 2.39. The van der Waals surface area contributed by atoms with Crippen LogP contribution in [0.5, 0.6) is 0 Å². The van der Waals surface area contributed by atoms with E-state index in [1.807, 2.05) is 0 Å². The van der Waals surface area contributed by atoms with E-state index >= 15 is 0 Å². The fourth-order valence-corrected chi connectivity index (χ4v) is 4.57. The van der Waals surface area contributed by atoms with Crippen LogP contribution in [-0.2, 0) is 4.79 Å². The third-order valence-corrected chi connectivity index (χ3v) is 5.60. The molecule has 0 bridgehead atoms. The molecule has 128 valence electrons. The van der Waals surface area contributed by atoms with Crippen LogP contribution in [0.15, 0.2) is 0 Å². The van der Waals surface area contributed by atoms with E-state index in [1.54, 1.807) is 0 Å². The van der Waals surface area contributed by atoms with Crippen LogP contribution in [0.1, 0.15) is 47.0 Å². The van der Waals surface area contributed by atoms with Crippen LogP contribution in [-0.4, -0.2) is 61.5 Å². The van der Waals surface area contributed by atoms with Crippen molar-refractivity contribution in [3.8, 4) is 0 Å². The number of nitrogens with one attached hydrogen (secondary N) is 1. The van der Waals surface area contributed by atoms with Crippen LogP contribution in [0.2, 0.25) is 0 Å². The van der Waals surface area contributed by atoms with Crippen molar-refractivity contribution in [2.75, 3.05) is 33.7 Å². The Bertz CT molecular complexity index is 396. The minimum Gasteiger partial charge on any atom is -0.352 e. The van der Waals surface area contributed by atoms with Crippen molar-refractivity contribution in [2.24, 2.45) is 17.3 Å². The van der Waals surface area contributed by atoms with E-state index in [1.165, 1.54) is 6.42 Å². The molecule has 4 atom stereocenters. The number of hydrogen-bond acceptors (Lipinski definition) is 3. The van der Waals surface area contributed by atoms with Gasteiger partial charge in [0.15, 0.2) is 0 Å². The molecule has 1 N–H and O–H groups in total. The Morgan fingerprint density at radius 2 is 1.91 bits per heavy atom. The summed E-state index contributed by atoms with van der Waals surface area (Å²) in [4.78, 5) is 17.5. The van der Waals surface area contributed by atoms with Gasteiger partial charge in [-0.25, -0.2) is 0 Å². The minimum atomic E-state index is 0.188. The highest BCUT2D eigenvalue weighted by Gasteiger charge is 2.37. The number of likely N-dealkylation sites (N-methyl/N-ethyl adjacent to an activating group) is 2. The lowest BCUT2D eigenvalue weighted by Crippen LogP contribution is -2.59. The highest BCUT2D eigenvalue weighted by molar-refractivity contribution is 5.79. The summed E-state index contributed by atoms with van der Waals surface area (Å²) in [5, 5.41) is 3.32. The number of carbonyl (C=O) groups is 1. The largest absolute Gasteiger partial charge is 0.352 e. The van der Waals surface area contributed by atoms with Crippen molar-refractivity contribution in [2.45, 2.75) is 59.0 Å². The van der Waals surface area contributed by atoms with E-state index < -0.39 is 0 Å². The predicted molar refractivity (Wildman–Crippen MR) is 91.8 cm³/mol. The monoisotopic (exact) mass is 309 g/mol. The topological polar surface area (TPSA) is 35.6 Å². The van der Waals surface area contributed by atoms with Crippen LogP contribution in [0.3, 0.4) is 0 Å². The molecule has 4 unspecified atom stereocenters. The van der Waals surface area contributed by atoms with Gasteiger partial charge >= 0.3 is 0 Å². The molecule has 4 nitrogen and oxygen atoms in total. The third kappa shape index (κ3) is 4.45. The lowest BCUT2D eigenvalue weighted by Gasteiger charge is -2.42. The number of rotatable bonds is 3. The SMILES string of the molecule is CC1CC(C(=O)NC(C)C2CN(C)CCN2C)CC(C)(C)C1. The molecule has 1 aliphatic heterocycles. The minimum absolute atomic E-state index is 0.188. The Hall–Kier alpha value is -0.610. The van der Waals surface area contributed by atoms with Gasteiger partial charge in [-0.15, -0.1) is 0 Å². The Labute approximate surface area is 136 Å². The lowest BCUT2D eigenvalue weighted by molar-refractivity contribution is -0.129. The molecule has 4 heteroatoms. The molecule has 0 radical (unpaired) electrons. The summed E-state index contributed by atoms with van der Waals surface area (Å²) in [6, 6.07) is 0.623. The van der Waals surface area contributed by atoms with Gasteiger partial charge < -0.3 is 10.2 Å². The fraction of sp³-hybridized carbons (Fsp3) is 0.944. The van der Waals surface area contributed by atoms with Gasteiger partial charge in [0, 0.05) is 37.6 Å². The standard InChI is InChI=1S/C18H35N3O/c1-13-9-15(11-18(3,4)10-13)17(22)19-14(2)16-12-20(5)7-8-21(16)6/h13-16H,7-12H2,1-6H3,(H,19,22). The van der Waals surface area contributed by atoms with Crippen LogP contribution < -0.4 is 5.32 Å². The molecule has 0 aromatic carbocycles. The summed E-state index contributed by atoms with van der Waals surface area (Å²) >= 11 is 0. The van der Waals surface area contributed by atoms with Gasteiger partial charge in [0.2, 0.25) is 5.91 Å². The molecular formula is C18H35N3O.